The third kappa shape index (κ3) is 3.17. The highest BCUT2D eigenvalue weighted by molar-refractivity contribution is 7.98. The van der Waals surface area contributed by atoms with Crippen LogP contribution in [0.15, 0.2) is 47.4 Å². The Morgan fingerprint density at radius 2 is 1.71 bits per heavy atom. The quantitative estimate of drug-likeness (QED) is 0.597. The summed E-state index contributed by atoms with van der Waals surface area (Å²) < 4.78 is 0. The number of rotatable bonds is 4. The van der Waals surface area contributed by atoms with Gasteiger partial charge in [-0.05, 0) is 30.5 Å². The van der Waals surface area contributed by atoms with E-state index >= 15 is 0 Å². The summed E-state index contributed by atoms with van der Waals surface area (Å²) >= 11 is 1.43. The molecule has 0 saturated heterocycles. The number of thioether (sulfide) groups is 1. The monoisotopic (exact) mass is 303 g/mol. The molecule has 2 aromatic rings. The van der Waals surface area contributed by atoms with Gasteiger partial charge in [0.15, 0.2) is 5.75 Å². The number of aromatic carboxylic acids is 1. The molecule has 21 heavy (non-hydrogen) atoms. The average Bonchev–Trinajstić information content (AvgIpc) is 2.48. The van der Waals surface area contributed by atoms with E-state index in [2.05, 4.69) is 5.32 Å². The summed E-state index contributed by atoms with van der Waals surface area (Å²) in [5.74, 6) is -2.12. The Bertz CT molecular complexity index is 700. The first-order chi connectivity index (χ1) is 10.0. The van der Waals surface area contributed by atoms with Crippen LogP contribution in [0.25, 0.3) is 0 Å². The predicted octanol–water partition coefficient (Wildman–Crippen LogP) is 3.06. The Balaban J connectivity index is 2.32. The normalized spacial score (nSPS) is 10.1. The second-order valence-electron chi connectivity index (χ2n) is 4.16. The molecule has 0 saturated carbocycles. The molecule has 0 fully saturated rings. The highest BCUT2D eigenvalue weighted by Gasteiger charge is 2.16. The molecule has 0 bridgehead atoms. The van der Waals surface area contributed by atoms with Gasteiger partial charge in [-0.1, -0.05) is 18.2 Å². The largest absolute Gasteiger partial charge is 0.505 e. The van der Waals surface area contributed by atoms with Crippen LogP contribution in [0.5, 0.6) is 5.75 Å². The fourth-order valence-corrected chi connectivity index (χ4v) is 2.43. The summed E-state index contributed by atoms with van der Waals surface area (Å²) in [6, 6.07) is 11.2. The number of carboxylic acid groups (broad SMARTS) is 1. The van der Waals surface area contributed by atoms with E-state index in [0.29, 0.717) is 5.56 Å². The zero-order valence-electron chi connectivity index (χ0n) is 11.2. The van der Waals surface area contributed by atoms with Crippen molar-refractivity contribution in [3.63, 3.8) is 0 Å². The van der Waals surface area contributed by atoms with Crippen molar-refractivity contribution in [2.45, 2.75) is 4.90 Å². The third-order valence-electron chi connectivity index (χ3n) is 2.87. The van der Waals surface area contributed by atoms with E-state index < -0.39 is 17.6 Å². The molecule has 2 aromatic carbocycles. The van der Waals surface area contributed by atoms with E-state index in [1.165, 1.54) is 30.0 Å². The molecule has 2 rings (SSSR count). The summed E-state index contributed by atoms with van der Waals surface area (Å²) in [5, 5.41) is 21.4. The molecule has 6 heteroatoms. The molecule has 108 valence electrons. The number of carboxylic acids is 1. The Labute approximate surface area is 125 Å². The number of benzene rings is 2. The highest BCUT2D eigenvalue weighted by atomic mass is 32.2. The summed E-state index contributed by atoms with van der Waals surface area (Å²) in [7, 11) is 0. The second kappa shape index (κ2) is 6.32. The first-order valence-electron chi connectivity index (χ1n) is 6.04. The van der Waals surface area contributed by atoms with Gasteiger partial charge in [-0.15, -0.1) is 11.8 Å². The number of para-hydroxylation sites is 1. The summed E-state index contributed by atoms with van der Waals surface area (Å²) in [6.07, 6.45) is 1.86. The van der Waals surface area contributed by atoms with Crippen LogP contribution in [-0.4, -0.2) is 28.3 Å². The molecule has 0 spiro atoms. The van der Waals surface area contributed by atoms with Gasteiger partial charge in [0.25, 0.3) is 5.91 Å². The van der Waals surface area contributed by atoms with Crippen molar-refractivity contribution in [3.05, 3.63) is 53.6 Å². The van der Waals surface area contributed by atoms with E-state index in [0.717, 1.165) is 4.90 Å². The van der Waals surface area contributed by atoms with Crippen LogP contribution >= 0.6 is 11.8 Å². The molecule has 0 aliphatic heterocycles. The number of phenols is 1. The average molecular weight is 303 g/mol. The maximum absolute atomic E-state index is 12.2. The van der Waals surface area contributed by atoms with Crippen molar-refractivity contribution < 1.29 is 19.8 Å². The molecule has 5 nitrogen and oxygen atoms in total. The van der Waals surface area contributed by atoms with E-state index in [1.54, 1.807) is 12.1 Å². The minimum absolute atomic E-state index is 0.0656. The van der Waals surface area contributed by atoms with Gasteiger partial charge in [-0.2, -0.15) is 0 Å². The van der Waals surface area contributed by atoms with Gasteiger partial charge in [-0.25, -0.2) is 4.79 Å². The number of amides is 1. The lowest BCUT2D eigenvalue weighted by molar-refractivity contribution is 0.0693. The van der Waals surface area contributed by atoms with Crippen LogP contribution in [-0.2, 0) is 0 Å². The fraction of sp³-hybridized carbons (Fsp3) is 0.0667. The van der Waals surface area contributed by atoms with Gasteiger partial charge >= 0.3 is 5.97 Å². The fourth-order valence-electron chi connectivity index (χ4n) is 1.84. The smallest absolute Gasteiger partial charge is 0.339 e. The molecule has 0 atom stereocenters. The lowest BCUT2D eigenvalue weighted by atomic mass is 10.1. The number of nitrogens with one attached hydrogen (secondary N) is 1. The second-order valence-corrected chi connectivity index (χ2v) is 5.01. The Kier molecular flexibility index (Phi) is 4.49. The first kappa shape index (κ1) is 14.9. The van der Waals surface area contributed by atoms with Crippen molar-refractivity contribution in [2.24, 2.45) is 0 Å². The lowest BCUT2D eigenvalue weighted by Crippen LogP contribution is -2.13. The zero-order chi connectivity index (χ0) is 15.4. The number of hydrogen-bond donors (Lipinski definition) is 3. The zero-order valence-corrected chi connectivity index (χ0v) is 12.0. The minimum atomic E-state index is -1.26. The van der Waals surface area contributed by atoms with E-state index in [-0.39, 0.29) is 11.3 Å². The molecular formula is C15H13NO4S. The topological polar surface area (TPSA) is 86.6 Å². The third-order valence-corrected chi connectivity index (χ3v) is 3.66. The first-order valence-corrected chi connectivity index (χ1v) is 7.26. The number of hydrogen-bond acceptors (Lipinski definition) is 4. The summed E-state index contributed by atoms with van der Waals surface area (Å²) in [4.78, 5) is 24.0. The van der Waals surface area contributed by atoms with Gasteiger partial charge in [0.2, 0.25) is 0 Å². The maximum Gasteiger partial charge on any atom is 0.339 e. The number of carbonyl (C=O) groups excluding carboxylic acids is 1. The van der Waals surface area contributed by atoms with Crippen molar-refractivity contribution in [2.75, 3.05) is 11.6 Å². The van der Waals surface area contributed by atoms with Gasteiger partial charge in [-0.3, -0.25) is 4.79 Å². The molecule has 0 heterocycles. The molecule has 0 unspecified atom stereocenters. The molecule has 1 amide bonds. The van der Waals surface area contributed by atoms with Crippen LogP contribution in [0, 0.1) is 0 Å². The van der Waals surface area contributed by atoms with Gasteiger partial charge in [0.05, 0.1) is 11.3 Å². The Morgan fingerprint density at radius 3 is 2.38 bits per heavy atom. The Morgan fingerprint density at radius 1 is 1.05 bits per heavy atom. The van der Waals surface area contributed by atoms with Crippen molar-refractivity contribution in [1.82, 2.24) is 0 Å². The lowest BCUT2D eigenvalue weighted by Gasteiger charge is -2.11. The Hall–Kier alpha value is -2.47. The van der Waals surface area contributed by atoms with Crippen LogP contribution in [0.4, 0.5) is 5.69 Å². The molecule has 3 N–H and O–H groups in total. The van der Waals surface area contributed by atoms with Crippen molar-refractivity contribution in [1.29, 1.82) is 0 Å². The molecule has 0 aliphatic rings. The SMILES string of the molecule is CSc1ccccc1C(=O)Nc1cccc(C(=O)O)c1O. The molecule has 0 radical (unpaired) electrons. The van der Waals surface area contributed by atoms with E-state index in [1.807, 2.05) is 18.4 Å². The number of aromatic hydroxyl groups is 1. The van der Waals surface area contributed by atoms with Crippen LogP contribution in [0.2, 0.25) is 0 Å². The van der Waals surface area contributed by atoms with Crippen molar-refractivity contribution >= 4 is 29.3 Å². The van der Waals surface area contributed by atoms with Crippen LogP contribution in [0.3, 0.4) is 0 Å². The van der Waals surface area contributed by atoms with Gasteiger partial charge in [0, 0.05) is 4.90 Å². The highest BCUT2D eigenvalue weighted by Crippen LogP contribution is 2.29. The number of carbonyl (C=O) groups is 2. The summed E-state index contributed by atoms with van der Waals surface area (Å²) in [5.41, 5.74) is 0.270. The van der Waals surface area contributed by atoms with Crippen LogP contribution in [0.1, 0.15) is 20.7 Å². The van der Waals surface area contributed by atoms with Gasteiger partial charge in [0.1, 0.15) is 5.56 Å². The molecule has 0 aliphatic carbocycles. The standard InChI is InChI=1S/C15H13NO4S/c1-21-12-8-3-2-5-9(12)14(18)16-11-7-4-6-10(13(11)17)15(19)20/h2-8,17H,1H3,(H,16,18)(H,19,20). The predicted molar refractivity (Wildman–Crippen MR) is 81.2 cm³/mol. The molecule has 0 aromatic heterocycles. The van der Waals surface area contributed by atoms with E-state index in [4.69, 9.17) is 5.11 Å². The maximum atomic E-state index is 12.2. The van der Waals surface area contributed by atoms with E-state index in [9.17, 15) is 14.7 Å². The van der Waals surface area contributed by atoms with Crippen LogP contribution < -0.4 is 5.32 Å². The molecular weight excluding hydrogens is 290 g/mol. The number of anilines is 1. The summed E-state index contributed by atoms with van der Waals surface area (Å²) in [6.45, 7) is 0. The van der Waals surface area contributed by atoms with Crippen molar-refractivity contribution in [3.8, 4) is 5.75 Å². The van der Waals surface area contributed by atoms with Gasteiger partial charge < -0.3 is 15.5 Å². The minimum Gasteiger partial charge on any atom is -0.505 e.